The molecule has 0 fully saturated rings. The van der Waals surface area contributed by atoms with Crippen LogP contribution in [0.25, 0.3) is 0 Å². The Bertz CT molecular complexity index is 481. The monoisotopic (exact) mass is 256 g/mol. The Hall–Kier alpha value is -2.29. The SMILES string of the molecule is CN(C)C(=O)Nc1ccccc1.Cc1ccccc1. The van der Waals surface area contributed by atoms with Crippen molar-refractivity contribution in [2.24, 2.45) is 0 Å². The summed E-state index contributed by atoms with van der Waals surface area (Å²) in [5, 5.41) is 2.73. The van der Waals surface area contributed by atoms with Gasteiger partial charge in [0.15, 0.2) is 0 Å². The summed E-state index contributed by atoms with van der Waals surface area (Å²) in [6.45, 7) is 2.08. The lowest BCUT2D eigenvalue weighted by Gasteiger charge is -2.11. The van der Waals surface area contributed by atoms with Crippen LogP contribution in [0.15, 0.2) is 60.7 Å². The second kappa shape index (κ2) is 7.93. The molecule has 0 saturated heterocycles. The number of anilines is 1. The molecule has 3 nitrogen and oxygen atoms in total. The van der Waals surface area contributed by atoms with Gasteiger partial charge >= 0.3 is 6.03 Å². The smallest absolute Gasteiger partial charge is 0.321 e. The first-order chi connectivity index (χ1) is 9.09. The van der Waals surface area contributed by atoms with E-state index in [0.29, 0.717) is 0 Å². The van der Waals surface area contributed by atoms with Crippen molar-refractivity contribution in [3.8, 4) is 0 Å². The van der Waals surface area contributed by atoms with E-state index in [1.165, 1.54) is 10.5 Å². The van der Waals surface area contributed by atoms with Crippen LogP contribution in [0.4, 0.5) is 10.5 Å². The average molecular weight is 256 g/mol. The van der Waals surface area contributed by atoms with Crippen molar-refractivity contribution in [2.45, 2.75) is 6.92 Å². The molecule has 0 unspecified atom stereocenters. The van der Waals surface area contributed by atoms with Crippen LogP contribution in [0, 0.1) is 6.92 Å². The van der Waals surface area contributed by atoms with E-state index in [1.54, 1.807) is 14.1 Å². The first-order valence-corrected chi connectivity index (χ1v) is 6.14. The van der Waals surface area contributed by atoms with E-state index in [1.807, 2.05) is 48.5 Å². The van der Waals surface area contributed by atoms with Crippen molar-refractivity contribution in [2.75, 3.05) is 19.4 Å². The van der Waals surface area contributed by atoms with Gasteiger partial charge in [-0.15, -0.1) is 0 Å². The third kappa shape index (κ3) is 6.27. The fraction of sp³-hybridized carbons (Fsp3) is 0.188. The number of aryl methyl sites for hydroxylation is 1. The number of hydrogen-bond acceptors (Lipinski definition) is 1. The molecule has 0 saturated carbocycles. The maximum atomic E-state index is 11.1. The number of nitrogens with one attached hydrogen (secondary N) is 1. The van der Waals surface area contributed by atoms with Gasteiger partial charge in [-0.1, -0.05) is 54.1 Å². The third-order valence-electron chi connectivity index (χ3n) is 2.37. The molecule has 0 atom stereocenters. The highest BCUT2D eigenvalue weighted by molar-refractivity contribution is 5.88. The molecule has 3 heteroatoms. The maximum absolute atomic E-state index is 11.1. The molecule has 0 radical (unpaired) electrons. The second-order valence-electron chi connectivity index (χ2n) is 4.35. The number of carbonyl (C=O) groups is 1. The minimum atomic E-state index is -0.110. The molecule has 0 aliphatic heterocycles. The predicted octanol–water partition coefficient (Wildman–Crippen LogP) is 3.78. The molecular weight excluding hydrogens is 236 g/mol. The Morgan fingerprint density at radius 1 is 0.895 bits per heavy atom. The normalized spacial score (nSPS) is 9.00. The van der Waals surface area contributed by atoms with E-state index in [4.69, 9.17) is 0 Å². The quantitative estimate of drug-likeness (QED) is 0.827. The number of para-hydroxylation sites is 1. The molecular formula is C16H20N2O. The molecule has 2 aromatic carbocycles. The number of rotatable bonds is 1. The summed E-state index contributed by atoms with van der Waals surface area (Å²) in [6.07, 6.45) is 0. The van der Waals surface area contributed by atoms with E-state index in [0.717, 1.165) is 5.69 Å². The third-order valence-corrected chi connectivity index (χ3v) is 2.37. The number of urea groups is 1. The van der Waals surface area contributed by atoms with Crippen LogP contribution < -0.4 is 5.32 Å². The Kier molecular flexibility index (Phi) is 6.16. The topological polar surface area (TPSA) is 32.3 Å². The summed E-state index contributed by atoms with van der Waals surface area (Å²) >= 11 is 0. The van der Waals surface area contributed by atoms with Crippen LogP contribution >= 0.6 is 0 Å². The highest BCUT2D eigenvalue weighted by Crippen LogP contribution is 2.04. The van der Waals surface area contributed by atoms with Gasteiger partial charge in [0.1, 0.15) is 0 Å². The van der Waals surface area contributed by atoms with Crippen LogP contribution in [0.1, 0.15) is 5.56 Å². The Morgan fingerprint density at radius 2 is 1.37 bits per heavy atom. The summed E-state index contributed by atoms with van der Waals surface area (Å²) in [6, 6.07) is 19.5. The number of carbonyl (C=O) groups excluding carboxylic acids is 1. The molecule has 100 valence electrons. The predicted molar refractivity (Wildman–Crippen MR) is 80.3 cm³/mol. The van der Waals surface area contributed by atoms with Crippen molar-refractivity contribution < 1.29 is 4.79 Å². The van der Waals surface area contributed by atoms with Gasteiger partial charge in [0.05, 0.1) is 0 Å². The standard InChI is InChI=1S/C9H12N2O.C7H8/c1-11(2)9(12)10-8-6-4-3-5-7-8;1-7-5-3-2-4-6-7/h3-7H,1-2H3,(H,10,12);2-6H,1H3. The largest absolute Gasteiger partial charge is 0.331 e. The van der Waals surface area contributed by atoms with E-state index < -0.39 is 0 Å². The summed E-state index contributed by atoms with van der Waals surface area (Å²) in [5.74, 6) is 0. The number of amides is 2. The summed E-state index contributed by atoms with van der Waals surface area (Å²) in [7, 11) is 3.41. The fourth-order valence-corrected chi connectivity index (χ4v) is 1.29. The lowest BCUT2D eigenvalue weighted by Crippen LogP contribution is -2.27. The van der Waals surface area contributed by atoms with Crippen molar-refractivity contribution in [1.82, 2.24) is 4.90 Å². The van der Waals surface area contributed by atoms with E-state index >= 15 is 0 Å². The van der Waals surface area contributed by atoms with Crippen molar-refractivity contribution in [3.63, 3.8) is 0 Å². The zero-order chi connectivity index (χ0) is 14.1. The molecule has 2 amide bonds. The van der Waals surface area contributed by atoms with Crippen LogP contribution in [0.2, 0.25) is 0 Å². The number of hydrogen-bond donors (Lipinski definition) is 1. The Morgan fingerprint density at radius 3 is 1.74 bits per heavy atom. The van der Waals surface area contributed by atoms with Gasteiger partial charge in [0, 0.05) is 19.8 Å². The van der Waals surface area contributed by atoms with E-state index in [-0.39, 0.29) is 6.03 Å². The first-order valence-electron chi connectivity index (χ1n) is 6.14. The molecule has 0 aliphatic carbocycles. The van der Waals surface area contributed by atoms with Crippen molar-refractivity contribution in [3.05, 3.63) is 66.2 Å². The maximum Gasteiger partial charge on any atom is 0.321 e. The van der Waals surface area contributed by atoms with Gasteiger partial charge in [-0.05, 0) is 19.1 Å². The minimum absolute atomic E-state index is 0.110. The highest BCUT2D eigenvalue weighted by atomic mass is 16.2. The zero-order valence-corrected chi connectivity index (χ0v) is 11.6. The molecule has 0 heterocycles. The van der Waals surface area contributed by atoms with Gasteiger partial charge in [0.2, 0.25) is 0 Å². The van der Waals surface area contributed by atoms with Crippen molar-refractivity contribution >= 4 is 11.7 Å². The molecule has 0 aromatic heterocycles. The highest BCUT2D eigenvalue weighted by Gasteiger charge is 2.01. The minimum Gasteiger partial charge on any atom is -0.331 e. The van der Waals surface area contributed by atoms with E-state index in [2.05, 4.69) is 24.4 Å². The van der Waals surface area contributed by atoms with Crippen LogP contribution in [-0.4, -0.2) is 25.0 Å². The lowest BCUT2D eigenvalue weighted by atomic mass is 10.2. The van der Waals surface area contributed by atoms with Gasteiger partial charge < -0.3 is 10.2 Å². The van der Waals surface area contributed by atoms with Crippen LogP contribution in [0.3, 0.4) is 0 Å². The van der Waals surface area contributed by atoms with Crippen LogP contribution in [-0.2, 0) is 0 Å². The molecule has 2 aromatic rings. The zero-order valence-electron chi connectivity index (χ0n) is 11.6. The molecule has 0 aliphatic rings. The first kappa shape index (κ1) is 14.8. The van der Waals surface area contributed by atoms with Gasteiger partial charge in [-0.2, -0.15) is 0 Å². The summed E-state index contributed by atoms with van der Waals surface area (Å²) < 4.78 is 0. The Balaban J connectivity index is 0.000000218. The lowest BCUT2D eigenvalue weighted by molar-refractivity contribution is 0.230. The van der Waals surface area contributed by atoms with Crippen molar-refractivity contribution in [1.29, 1.82) is 0 Å². The fourth-order valence-electron chi connectivity index (χ4n) is 1.29. The van der Waals surface area contributed by atoms with Gasteiger partial charge in [0.25, 0.3) is 0 Å². The molecule has 19 heavy (non-hydrogen) atoms. The summed E-state index contributed by atoms with van der Waals surface area (Å²) in [5.41, 5.74) is 2.14. The van der Waals surface area contributed by atoms with Gasteiger partial charge in [-0.25, -0.2) is 4.79 Å². The van der Waals surface area contributed by atoms with Gasteiger partial charge in [-0.3, -0.25) is 0 Å². The molecule has 1 N–H and O–H groups in total. The molecule has 0 spiro atoms. The van der Waals surface area contributed by atoms with E-state index in [9.17, 15) is 4.79 Å². The number of nitrogens with zero attached hydrogens (tertiary/aromatic N) is 1. The number of benzene rings is 2. The average Bonchev–Trinajstić information content (AvgIpc) is 2.41. The molecule has 0 bridgehead atoms. The van der Waals surface area contributed by atoms with Crippen LogP contribution in [0.5, 0.6) is 0 Å². The summed E-state index contributed by atoms with van der Waals surface area (Å²) in [4.78, 5) is 12.6. The second-order valence-corrected chi connectivity index (χ2v) is 4.35. The molecule has 2 rings (SSSR count). The Labute approximate surface area is 114 Å².